The molecule has 0 saturated carbocycles. The van der Waals surface area contributed by atoms with Gasteiger partial charge in [0.1, 0.15) is 31.7 Å². The lowest BCUT2D eigenvalue weighted by Gasteiger charge is -2.20. The molecule has 1 aromatic carbocycles. The summed E-state index contributed by atoms with van der Waals surface area (Å²) in [4.78, 5) is 26.2. The summed E-state index contributed by atoms with van der Waals surface area (Å²) in [5.41, 5.74) is 1.01. The molecule has 0 amide bonds. The van der Waals surface area contributed by atoms with Gasteiger partial charge in [0.2, 0.25) is 0 Å². The largest absolute Gasteiger partial charge is 0.490 e. The minimum absolute atomic E-state index is 0.0949. The van der Waals surface area contributed by atoms with E-state index in [9.17, 15) is 14.9 Å². The maximum atomic E-state index is 12.0. The van der Waals surface area contributed by atoms with E-state index in [1.807, 2.05) is 52.0 Å². The minimum Gasteiger partial charge on any atom is -0.490 e. The zero-order chi connectivity index (χ0) is 24.5. The number of nitrogens with zero attached hydrogens (tertiary/aromatic N) is 1. The summed E-state index contributed by atoms with van der Waals surface area (Å²) in [6.07, 6.45) is -0.353. The molecule has 1 aromatic rings. The molecular weight excluding hydrogens is 436 g/mol. The standard InChI is InChI=1S/C22H36N2O9/c1-17(2)23-13-21(33-22(25)16-29-10-12-32-24(26)27)15-31-20-7-5-19(6-8-20)14-28-9-11-30-18(3)4/h5-8,17-18,21,23H,9-16H2,1-4H3. The molecule has 0 bridgehead atoms. The number of carbonyl (C=O) groups excluding carboxylic acids is 1. The Balaban J connectivity index is 2.40. The fourth-order valence-electron chi connectivity index (χ4n) is 2.45. The second-order valence-electron chi connectivity index (χ2n) is 7.71. The highest BCUT2D eigenvalue weighted by molar-refractivity contribution is 5.70. The van der Waals surface area contributed by atoms with Crippen LogP contribution in [0.4, 0.5) is 0 Å². The highest BCUT2D eigenvalue weighted by atomic mass is 17.0. The van der Waals surface area contributed by atoms with Gasteiger partial charge < -0.3 is 33.8 Å². The van der Waals surface area contributed by atoms with Gasteiger partial charge >= 0.3 is 5.97 Å². The maximum absolute atomic E-state index is 12.0. The number of carbonyl (C=O) groups is 1. The van der Waals surface area contributed by atoms with Crippen molar-refractivity contribution in [2.24, 2.45) is 0 Å². The molecule has 0 heterocycles. The lowest BCUT2D eigenvalue weighted by Crippen LogP contribution is -2.39. The Morgan fingerprint density at radius 3 is 2.36 bits per heavy atom. The molecule has 0 aliphatic heterocycles. The summed E-state index contributed by atoms with van der Waals surface area (Å²) in [6, 6.07) is 7.68. The average Bonchev–Trinajstić information content (AvgIpc) is 2.75. The fourth-order valence-corrected chi connectivity index (χ4v) is 2.45. The summed E-state index contributed by atoms with van der Waals surface area (Å²) in [6.45, 7) is 9.35. The Kier molecular flexibility index (Phi) is 14.8. The van der Waals surface area contributed by atoms with E-state index in [1.165, 1.54) is 0 Å². The smallest absolute Gasteiger partial charge is 0.332 e. The lowest BCUT2D eigenvalue weighted by molar-refractivity contribution is -0.758. The third-order valence-corrected chi connectivity index (χ3v) is 4.00. The Hall–Kier alpha value is -2.47. The van der Waals surface area contributed by atoms with Crippen molar-refractivity contribution in [1.29, 1.82) is 0 Å². The van der Waals surface area contributed by atoms with Crippen LogP contribution in [0.2, 0.25) is 0 Å². The van der Waals surface area contributed by atoms with Crippen LogP contribution in [0.3, 0.4) is 0 Å². The van der Waals surface area contributed by atoms with Crippen molar-refractivity contribution in [2.75, 3.05) is 46.2 Å². The Morgan fingerprint density at radius 1 is 1.03 bits per heavy atom. The maximum Gasteiger partial charge on any atom is 0.332 e. The van der Waals surface area contributed by atoms with Gasteiger partial charge in [0.15, 0.2) is 0 Å². The third-order valence-electron chi connectivity index (χ3n) is 4.00. The van der Waals surface area contributed by atoms with Crippen LogP contribution in [0.5, 0.6) is 5.75 Å². The number of hydrogen-bond acceptors (Lipinski definition) is 10. The van der Waals surface area contributed by atoms with Crippen molar-refractivity contribution in [3.05, 3.63) is 39.9 Å². The van der Waals surface area contributed by atoms with Crippen molar-refractivity contribution in [1.82, 2.24) is 5.32 Å². The quantitative estimate of drug-likeness (QED) is 0.138. The van der Waals surface area contributed by atoms with Crippen LogP contribution in [0.1, 0.15) is 33.3 Å². The predicted octanol–water partition coefficient (Wildman–Crippen LogP) is 2.14. The molecular formula is C22H36N2O9. The molecule has 11 heteroatoms. The number of benzene rings is 1. The molecule has 0 aromatic heterocycles. The molecule has 11 nitrogen and oxygen atoms in total. The van der Waals surface area contributed by atoms with Crippen LogP contribution < -0.4 is 10.1 Å². The minimum atomic E-state index is -0.921. The lowest BCUT2D eigenvalue weighted by atomic mass is 10.2. The van der Waals surface area contributed by atoms with Crippen LogP contribution >= 0.6 is 0 Å². The first-order valence-electron chi connectivity index (χ1n) is 10.9. The first-order chi connectivity index (χ1) is 15.8. The van der Waals surface area contributed by atoms with Gasteiger partial charge in [-0.25, -0.2) is 4.79 Å². The van der Waals surface area contributed by atoms with Crippen LogP contribution in [0.25, 0.3) is 0 Å². The van der Waals surface area contributed by atoms with E-state index < -0.39 is 17.2 Å². The Labute approximate surface area is 194 Å². The van der Waals surface area contributed by atoms with E-state index in [2.05, 4.69) is 10.2 Å². The van der Waals surface area contributed by atoms with E-state index in [1.54, 1.807) is 0 Å². The number of esters is 1. The average molecular weight is 473 g/mol. The first kappa shape index (κ1) is 28.6. The van der Waals surface area contributed by atoms with Crippen LogP contribution in [-0.4, -0.2) is 75.5 Å². The van der Waals surface area contributed by atoms with Crippen molar-refractivity contribution in [3.8, 4) is 5.75 Å². The summed E-state index contributed by atoms with van der Waals surface area (Å²) in [5, 5.41) is 12.4. The van der Waals surface area contributed by atoms with Crippen molar-refractivity contribution in [2.45, 2.75) is 52.6 Å². The number of rotatable bonds is 19. The summed E-state index contributed by atoms with van der Waals surface area (Å²) in [7, 11) is 0. The molecule has 0 aliphatic rings. The Bertz CT molecular complexity index is 668. The van der Waals surface area contributed by atoms with Gasteiger partial charge in [-0.05, 0) is 31.5 Å². The molecule has 0 aliphatic carbocycles. The summed E-state index contributed by atoms with van der Waals surface area (Å²) < 4.78 is 27.2. The summed E-state index contributed by atoms with van der Waals surface area (Å²) >= 11 is 0. The van der Waals surface area contributed by atoms with Crippen molar-refractivity contribution >= 4 is 5.97 Å². The normalized spacial score (nSPS) is 12.1. The molecule has 188 valence electrons. The number of ether oxygens (including phenoxy) is 5. The van der Waals surface area contributed by atoms with Gasteiger partial charge in [0.25, 0.3) is 5.09 Å². The highest BCUT2D eigenvalue weighted by Crippen LogP contribution is 2.14. The van der Waals surface area contributed by atoms with Crippen LogP contribution in [0, 0.1) is 10.1 Å². The van der Waals surface area contributed by atoms with Crippen molar-refractivity contribution in [3.63, 3.8) is 0 Å². The van der Waals surface area contributed by atoms with Crippen molar-refractivity contribution < 1.29 is 38.4 Å². The molecule has 1 N–H and O–H groups in total. The zero-order valence-electron chi connectivity index (χ0n) is 19.8. The zero-order valence-corrected chi connectivity index (χ0v) is 19.8. The van der Waals surface area contributed by atoms with E-state index in [4.69, 9.17) is 23.7 Å². The van der Waals surface area contributed by atoms with E-state index >= 15 is 0 Å². The monoisotopic (exact) mass is 472 g/mol. The van der Waals surface area contributed by atoms with Crippen LogP contribution in [-0.2, 0) is 35.2 Å². The molecule has 0 saturated heterocycles. The predicted molar refractivity (Wildman–Crippen MR) is 119 cm³/mol. The van der Waals surface area contributed by atoms with Gasteiger partial charge in [-0.15, -0.1) is 10.1 Å². The van der Waals surface area contributed by atoms with E-state index in [-0.39, 0.29) is 38.6 Å². The summed E-state index contributed by atoms with van der Waals surface area (Å²) in [5.74, 6) is 0.0462. The topological polar surface area (TPSA) is 128 Å². The highest BCUT2D eigenvalue weighted by Gasteiger charge is 2.16. The van der Waals surface area contributed by atoms with Gasteiger partial charge in [-0.3, -0.25) is 0 Å². The third kappa shape index (κ3) is 15.9. The molecule has 0 radical (unpaired) electrons. The molecule has 0 spiro atoms. The van der Waals surface area contributed by atoms with Gasteiger partial charge in [-0.2, -0.15) is 0 Å². The second-order valence-corrected chi connectivity index (χ2v) is 7.71. The van der Waals surface area contributed by atoms with Crippen LogP contribution in [0.15, 0.2) is 24.3 Å². The second kappa shape index (κ2) is 17.1. The SMILES string of the molecule is CC(C)NCC(COc1ccc(COCCOC(C)C)cc1)OC(=O)COCCO[N+](=O)[O-]. The van der Waals surface area contributed by atoms with E-state index in [0.717, 1.165) is 5.56 Å². The number of nitrogens with one attached hydrogen (secondary N) is 1. The van der Waals surface area contributed by atoms with E-state index in [0.29, 0.717) is 32.1 Å². The molecule has 0 fully saturated rings. The molecule has 1 atom stereocenters. The first-order valence-corrected chi connectivity index (χ1v) is 10.9. The molecule has 33 heavy (non-hydrogen) atoms. The van der Waals surface area contributed by atoms with Gasteiger partial charge in [0.05, 0.1) is 32.5 Å². The molecule has 1 unspecified atom stereocenters. The number of hydrogen-bond donors (Lipinski definition) is 1. The van der Waals surface area contributed by atoms with Gasteiger partial charge in [-0.1, -0.05) is 26.0 Å². The molecule has 1 rings (SSSR count). The fraction of sp³-hybridized carbons (Fsp3) is 0.682. The van der Waals surface area contributed by atoms with Gasteiger partial charge in [0, 0.05) is 12.6 Å². The Morgan fingerprint density at radius 2 is 1.73 bits per heavy atom.